The van der Waals surface area contributed by atoms with Crippen LogP contribution in [0.25, 0.3) is 0 Å². The average Bonchev–Trinajstić information content (AvgIpc) is 2.45. The van der Waals surface area contributed by atoms with Crippen molar-refractivity contribution >= 4 is 11.9 Å². The molecule has 2 aliphatic rings. The van der Waals surface area contributed by atoms with Gasteiger partial charge in [0.25, 0.3) is 0 Å². The molecule has 0 unspecified atom stereocenters. The number of carbonyl (C=O) groups excluding carboxylic acids is 2. The lowest BCUT2D eigenvalue weighted by Gasteiger charge is -2.57. The third-order valence-electron chi connectivity index (χ3n) is 4.36. The van der Waals surface area contributed by atoms with Gasteiger partial charge in [0, 0.05) is 34.8 Å². The Morgan fingerprint density at radius 1 is 1.05 bits per heavy atom. The van der Waals surface area contributed by atoms with E-state index in [2.05, 4.69) is 0 Å². The largest absolute Gasteiger partial charge is 0.550 e. The van der Waals surface area contributed by atoms with Crippen molar-refractivity contribution in [1.82, 2.24) is 0 Å². The zero-order valence-corrected chi connectivity index (χ0v) is 11.2. The first-order valence-electron chi connectivity index (χ1n) is 6.73. The topological polar surface area (TPSA) is 98.7 Å². The molecule has 1 saturated heterocycles. The van der Waals surface area contributed by atoms with Crippen molar-refractivity contribution in [2.24, 2.45) is 17.3 Å². The Bertz CT molecular complexity index is 547. The molecule has 6 heteroatoms. The summed E-state index contributed by atoms with van der Waals surface area (Å²) in [5.41, 5.74) is 0.0163. The van der Waals surface area contributed by atoms with Crippen LogP contribution in [-0.4, -0.2) is 25.2 Å². The number of carboxylic acids is 2. The Hall–Kier alpha value is -1.92. The van der Waals surface area contributed by atoms with Crippen molar-refractivity contribution in [2.45, 2.75) is 12.7 Å². The van der Waals surface area contributed by atoms with E-state index >= 15 is 0 Å². The highest BCUT2D eigenvalue weighted by atomic mass is 16.7. The molecular weight excluding hydrogens is 276 g/mol. The van der Waals surface area contributed by atoms with Gasteiger partial charge in [0.05, 0.1) is 13.2 Å². The molecular formula is C15H14O6-2. The molecule has 112 valence electrons. The summed E-state index contributed by atoms with van der Waals surface area (Å²) in [6.07, 6.45) is -0.378. The van der Waals surface area contributed by atoms with Crippen LogP contribution in [0.15, 0.2) is 30.3 Å². The summed E-state index contributed by atoms with van der Waals surface area (Å²) in [5, 5.41) is 22.1. The zero-order chi connectivity index (χ0) is 15.0. The van der Waals surface area contributed by atoms with Crippen LogP contribution in [0.4, 0.5) is 0 Å². The van der Waals surface area contributed by atoms with Gasteiger partial charge in [0.1, 0.15) is 0 Å². The summed E-state index contributed by atoms with van der Waals surface area (Å²) in [7, 11) is 0. The molecule has 1 heterocycles. The molecule has 1 aromatic carbocycles. The van der Waals surface area contributed by atoms with E-state index in [0.29, 0.717) is 0 Å². The van der Waals surface area contributed by atoms with Crippen LogP contribution in [0.2, 0.25) is 0 Å². The number of rotatable bonds is 3. The molecule has 0 amide bonds. The van der Waals surface area contributed by atoms with E-state index in [1.54, 1.807) is 0 Å². The van der Waals surface area contributed by atoms with Gasteiger partial charge in [-0.15, -0.1) is 0 Å². The molecule has 2 fully saturated rings. The molecule has 0 bridgehead atoms. The minimum atomic E-state index is -1.39. The van der Waals surface area contributed by atoms with E-state index in [9.17, 15) is 19.8 Å². The van der Waals surface area contributed by atoms with Gasteiger partial charge in [0.15, 0.2) is 6.29 Å². The maximum Gasteiger partial charge on any atom is 0.183 e. The van der Waals surface area contributed by atoms with Gasteiger partial charge in [-0.3, -0.25) is 0 Å². The number of carboxylic acid groups (broad SMARTS) is 2. The normalized spacial score (nSPS) is 35.1. The van der Waals surface area contributed by atoms with Crippen LogP contribution in [0.5, 0.6) is 0 Å². The fraction of sp³-hybridized carbons (Fsp3) is 0.467. The maximum atomic E-state index is 11.2. The third-order valence-corrected chi connectivity index (χ3v) is 4.36. The quantitative estimate of drug-likeness (QED) is 0.697. The number of ether oxygens (including phenoxy) is 2. The van der Waals surface area contributed by atoms with Crippen molar-refractivity contribution in [3.05, 3.63) is 35.9 Å². The molecule has 0 N–H and O–H groups in total. The molecule has 2 atom stereocenters. The number of carbonyl (C=O) groups is 2. The average molecular weight is 290 g/mol. The van der Waals surface area contributed by atoms with Gasteiger partial charge in [-0.25, -0.2) is 0 Å². The highest BCUT2D eigenvalue weighted by Gasteiger charge is 2.57. The van der Waals surface area contributed by atoms with E-state index in [1.807, 2.05) is 30.3 Å². The first-order chi connectivity index (χ1) is 10.0. The lowest BCUT2D eigenvalue weighted by Crippen LogP contribution is -2.65. The minimum absolute atomic E-state index is 0.134. The first kappa shape index (κ1) is 14.0. The molecule has 0 radical (unpaired) electrons. The van der Waals surface area contributed by atoms with Gasteiger partial charge in [-0.05, 0) is 6.42 Å². The Balaban J connectivity index is 1.70. The van der Waals surface area contributed by atoms with Gasteiger partial charge >= 0.3 is 0 Å². The van der Waals surface area contributed by atoms with Gasteiger partial charge in [0.2, 0.25) is 0 Å². The van der Waals surface area contributed by atoms with Crippen LogP contribution in [0, 0.1) is 17.3 Å². The second kappa shape index (κ2) is 5.13. The molecule has 1 aliphatic carbocycles. The van der Waals surface area contributed by atoms with E-state index < -0.39 is 35.5 Å². The van der Waals surface area contributed by atoms with Crippen LogP contribution in [0.1, 0.15) is 18.3 Å². The summed E-state index contributed by atoms with van der Waals surface area (Å²) in [6, 6.07) is 9.28. The molecule has 1 aromatic rings. The highest BCUT2D eigenvalue weighted by Crippen LogP contribution is 2.54. The standard InChI is InChI=1S/C15H16O6/c16-12(17)10-6-15(11(10)13(18)19)7-20-14(21-8-15)9-4-2-1-3-5-9/h1-5,10-11,14H,6-8H2,(H,16,17)(H,18,19)/p-2/t10-,11-,14?,15?/m1/s1. The van der Waals surface area contributed by atoms with Gasteiger partial charge in [-0.2, -0.15) is 0 Å². The molecule has 6 nitrogen and oxygen atoms in total. The summed E-state index contributed by atoms with van der Waals surface area (Å²) < 4.78 is 11.2. The Labute approximate surface area is 121 Å². The van der Waals surface area contributed by atoms with E-state index in [-0.39, 0.29) is 19.6 Å². The van der Waals surface area contributed by atoms with Gasteiger partial charge < -0.3 is 29.3 Å². The highest BCUT2D eigenvalue weighted by molar-refractivity contribution is 5.81. The lowest BCUT2D eigenvalue weighted by atomic mass is 9.54. The summed E-state index contributed by atoms with van der Waals surface area (Å²) >= 11 is 0. The Morgan fingerprint density at radius 2 is 1.67 bits per heavy atom. The second-order valence-electron chi connectivity index (χ2n) is 5.65. The predicted molar refractivity (Wildman–Crippen MR) is 65.1 cm³/mol. The number of aliphatic carboxylic acids is 2. The predicted octanol–water partition coefficient (Wildman–Crippen LogP) is -1.15. The van der Waals surface area contributed by atoms with Crippen molar-refractivity contribution in [3.8, 4) is 0 Å². The van der Waals surface area contributed by atoms with Crippen molar-refractivity contribution in [3.63, 3.8) is 0 Å². The van der Waals surface area contributed by atoms with E-state index in [4.69, 9.17) is 9.47 Å². The maximum absolute atomic E-state index is 11.2. The van der Waals surface area contributed by atoms with Crippen LogP contribution in [0.3, 0.4) is 0 Å². The monoisotopic (exact) mass is 290 g/mol. The molecule has 1 saturated carbocycles. The van der Waals surface area contributed by atoms with Gasteiger partial charge in [-0.1, -0.05) is 30.3 Å². The van der Waals surface area contributed by atoms with Crippen LogP contribution < -0.4 is 10.2 Å². The SMILES string of the molecule is O=C([O-])[C@@H]1CC2(COC(c3ccccc3)OC2)[C@H]1C(=O)[O-]. The smallest absolute Gasteiger partial charge is 0.183 e. The third kappa shape index (κ3) is 2.30. The molecule has 0 aromatic heterocycles. The minimum Gasteiger partial charge on any atom is -0.550 e. The summed E-state index contributed by atoms with van der Waals surface area (Å²) in [4.78, 5) is 22.1. The summed E-state index contributed by atoms with van der Waals surface area (Å²) in [5.74, 6) is -4.91. The molecule has 1 spiro atoms. The Morgan fingerprint density at radius 3 is 2.19 bits per heavy atom. The van der Waals surface area contributed by atoms with Crippen molar-refractivity contribution in [2.75, 3.05) is 13.2 Å². The van der Waals surface area contributed by atoms with Crippen LogP contribution in [-0.2, 0) is 19.1 Å². The fourth-order valence-electron chi connectivity index (χ4n) is 3.26. The number of hydrogen-bond acceptors (Lipinski definition) is 6. The fourth-order valence-corrected chi connectivity index (χ4v) is 3.26. The lowest BCUT2D eigenvalue weighted by molar-refractivity contribution is -0.356. The molecule has 1 aliphatic heterocycles. The van der Waals surface area contributed by atoms with E-state index in [1.165, 1.54) is 0 Å². The number of hydrogen-bond donors (Lipinski definition) is 0. The van der Waals surface area contributed by atoms with Crippen LogP contribution >= 0.6 is 0 Å². The summed E-state index contributed by atoms with van der Waals surface area (Å²) in [6.45, 7) is 0.268. The van der Waals surface area contributed by atoms with Crippen molar-refractivity contribution in [1.29, 1.82) is 0 Å². The Kier molecular flexibility index (Phi) is 3.43. The first-order valence-corrected chi connectivity index (χ1v) is 6.73. The molecule has 21 heavy (non-hydrogen) atoms. The van der Waals surface area contributed by atoms with E-state index in [0.717, 1.165) is 5.56 Å². The second-order valence-corrected chi connectivity index (χ2v) is 5.65. The van der Waals surface area contributed by atoms with Crippen molar-refractivity contribution < 1.29 is 29.3 Å². The zero-order valence-electron chi connectivity index (χ0n) is 11.2. The number of benzene rings is 1. The molecule has 3 rings (SSSR count).